The minimum absolute atomic E-state index is 0.525. The number of rotatable bonds is 3. The monoisotopic (exact) mass is 273 g/mol. The molecule has 3 heterocycles. The van der Waals surface area contributed by atoms with Gasteiger partial charge in [-0.15, -0.1) is 0 Å². The molecule has 2 aromatic rings. The average Bonchev–Trinajstić information content (AvgIpc) is 3.02. The maximum Gasteiger partial charge on any atom is 0.128 e. The van der Waals surface area contributed by atoms with Crippen LogP contribution in [0.4, 0.5) is 5.82 Å². The second-order valence-corrected chi connectivity index (χ2v) is 5.72. The summed E-state index contributed by atoms with van der Waals surface area (Å²) in [6.07, 6.45) is 1.87. The molecular weight excluding hydrogens is 254 g/mol. The van der Waals surface area contributed by atoms with Gasteiger partial charge >= 0.3 is 0 Å². The van der Waals surface area contributed by atoms with Gasteiger partial charge in [0, 0.05) is 38.4 Å². The lowest BCUT2D eigenvalue weighted by Gasteiger charge is -2.38. The van der Waals surface area contributed by atoms with Crippen LogP contribution in [-0.4, -0.2) is 36.1 Å². The molecule has 1 unspecified atom stereocenters. The van der Waals surface area contributed by atoms with E-state index in [1.54, 1.807) is 11.3 Å². The topological polar surface area (TPSA) is 19.4 Å². The van der Waals surface area contributed by atoms with Crippen molar-refractivity contribution in [3.63, 3.8) is 0 Å². The van der Waals surface area contributed by atoms with Crippen LogP contribution in [0.2, 0.25) is 0 Å². The van der Waals surface area contributed by atoms with E-state index in [1.807, 2.05) is 12.3 Å². The standard InChI is InChI=1S/C15H19N3S/c1-13(14-5-11-19-12-14)17-7-9-18(10-8-17)15-4-2-3-6-16-15/h2-6,11-13H,7-10H2,1H3. The Labute approximate surface area is 118 Å². The van der Waals surface area contributed by atoms with E-state index in [1.165, 1.54) is 5.56 Å². The second-order valence-electron chi connectivity index (χ2n) is 4.94. The van der Waals surface area contributed by atoms with E-state index in [4.69, 9.17) is 0 Å². The molecule has 1 aliphatic rings. The number of nitrogens with zero attached hydrogens (tertiary/aromatic N) is 3. The number of hydrogen-bond acceptors (Lipinski definition) is 4. The maximum absolute atomic E-state index is 4.43. The molecule has 100 valence electrons. The van der Waals surface area contributed by atoms with Crippen molar-refractivity contribution < 1.29 is 0 Å². The van der Waals surface area contributed by atoms with Crippen LogP contribution in [0.3, 0.4) is 0 Å². The predicted octanol–water partition coefficient (Wildman–Crippen LogP) is 3.03. The average molecular weight is 273 g/mol. The largest absolute Gasteiger partial charge is 0.354 e. The van der Waals surface area contributed by atoms with Crippen LogP contribution in [0.1, 0.15) is 18.5 Å². The highest BCUT2D eigenvalue weighted by Crippen LogP contribution is 2.24. The van der Waals surface area contributed by atoms with Gasteiger partial charge in [-0.3, -0.25) is 4.90 Å². The van der Waals surface area contributed by atoms with Crippen molar-refractivity contribution in [2.45, 2.75) is 13.0 Å². The van der Waals surface area contributed by atoms with Gasteiger partial charge in [0.1, 0.15) is 5.82 Å². The van der Waals surface area contributed by atoms with Gasteiger partial charge in [-0.2, -0.15) is 11.3 Å². The molecule has 1 saturated heterocycles. The summed E-state index contributed by atoms with van der Waals surface area (Å²) in [6.45, 7) is 6.64. The molecule has 0 amide bonds. The molecule has 3 rings (SSSR count). The van der Waals surface area contributed by atoms with E-state index in [0.29, 0.717) is 6.04 Å². The van der Waals surface area contributed by atoms with E-state index in [-0.39, 0.29) is 0 Å². The van der Waals surface area contributed by atoms with Gasteiger partial charge in [0.2, 0.25) is 0 Å². The van der Waals surface area contributed by atoms with E-state index >= 15 is 0 Å². The van der Waals surface area contributed by atoms with Gasteiger partial charge in [0.25, 0.3) is 0 Å². The SMILES string of the molecule is CC(c1ccsc1)N1CCN(c2ccccn2)CC1. The second kappa shape index (κ2) is 5.72. The van der Waals surface area contributed by atoms with Gasteiger partial charge in [-0.05, 0) is 41.4 Å². The summed E-state index contributed by atoms with van der Waals surface area (Å²) in [5.74, 6) is 1.10. The lowest BCUT2D eigenvalue weighted by Crippen LogP contribution is -2.47. The highest BCUT2D eigenvalue weighted by Gasteiger charge is 2.22. The molecular formula is C15H19N3S. The van der Waals surface area contributed by atoms with Crippen molar-refractivity contribution in [3.8, 4) is 0 Å². The van der Waals surface area contributed by atoms with Crippen molar-refractivity contribution in [3.05, 3.63) is 46.8 Å². The number of pyridine rings is 1. The molecule has 0 saturated carbocycles. The third-order valence-electron chi connectivity index (χ3n) is 3.86. The van der Waals surface area contributed by atoms with Crippen LogP contribution in [-0.2, 0) is 0 Å². The van der Waals surface area contributed by atoms with Crippen LogP contribution in [0.15, 0.2) is 41.2 Å². The molecule has 0 spiro atoms. The minimum atomic E-state index is 0.525. The molecule has 0 radical (unpaired) electrons. The first-order chi connectivity index (χ1) is 9.34. The van der Waals surface area contributed by atoms with Gasteiger partial charge in [-0.25, -0.2) is 4.98 Å². The highest BCUT2D eigenvalue weighted by atomic mass is 32.1. The van der Waals surface area contributed by atoms with Crippen LogP contribution in [0, 0.1) is 0 Å². The Kier molecular flexibility index (Phi) is 3.80. The quantitative estimate of drug-likeness (QED) is 0.857. The first-order valence-corrected chi connectivity index (χ1v) is 7.71. The first-order valence-electron chi connectivity index (χ1n) is 6.77. The van der Waals surface area contributed by atoms with E-state index < -0.39 is 0 Å². The molecule has 1 aliphatic heterocycles. The first kappa shape index (κ1) is 12.6. The highest BCUT2D eigenvalue weighted by molar-refractivity contribution is 7.07. The predicted molar refractivity (Wildman–Crippen MR) is 80.8 cm³/mol. The van der Waals surface area contributed by atoms with Crippen molar-refractivity contribution in [1.82, 2.24) is 9.88 Å². The Balaban J connectivity index is 1.61. The van der Waals surface area contributed by atoms with Crippen LogP contribution >= 0.6 is 11.3 Å². The molecule has 0 N–H and O–H groups in total. The smallest absolute Gasteiger partial charge is 0.128 e. The number of piperazine rings is 1. The summed E-state index contributed by atoms with van der Waals surface area (Å²) < 4.78 is 0. The number of anilines is 1. The Bertz CT molecular complexity index is 489. The van der Waals surface area contributed by atoms with Gasteiger partial charge < -0.3 is 4.90 Å². The normalized spacial score (nSPS) is 18.5. The van der Waals surface area contributed by atoms with Crippen molar-refractivity contribution in [2.75, 3.05) is 31.1 Å². The lowest BCUT2D eigenvalue weighted by atomic mass is 10.1. The zero-order chi connectivity index (χ0) is 13.1. The van der Waals surface area contributed by atoms with E-state index in [2.05, 4.69) is 50.7 Å². The molecule has 0 aliphatic carbocycles. The Morgan fingerprint density at radius 2 is 2.00 bits per heavy atom. The van der Waals surface area contributed by atoms with Gasteiger partial charge in [-0.1, -0.05) is 6.07 Å². The summed E-state index contributed by atoms with van der Waals surface area (Å²) in [5.41, 5.74) is 1.44. The Morgan fingerprint density at radius 1 is 1.16 bits per heavy atom. The number of thiophene rings is 1. The lowest BCUT2D eigenvalue weighted by molar-refractivity contribution is 0.198. The maximum atomic E-state index is 4.43. The van der Waals surface area contributed by atoms with Gasteiger partial charge in [0.05, 0.1) is 0 Å². The molecule has 3 nitrogen and oxygen atoms in total. The summed E-state index contributed by atoms with van der Waals surface area (Å²) in [5, 5.41) is 4.42. The van der Waals surface area contributed by atoms with Crippen LogP contribution in [0.5, 0.6) is 0 Å². The fourth-order valence-electron chi connectivity index (χ4n) is 2.60. The molecule has 0 aromatic carbocycles. The molecule has 0 bridgehead atoms. The van der Waals surface area contributed by atoms with Crippen molar-refractivity contribution in [1.29, 1.82) is 0 Å². The molecule has 19 heavy (non-hydrogen) atoms. The van der Waals surface area contributed by atoms with Crippen LogP contribution < -0.4 is 4.90 Å². The zero-order valence-corrected chi connectivity index (χ0v) is 12.0. The minimum Gasteiger partial charge on any atom is -0.354 e. The van der Waals surface area contributed by atoms with E-state index in [0.717, 1.165) is 32.0 Å². The Morgan fingerprint density at radius 3 is 2.63 bits per heavy atom. The summed E-state index contributed by atoms with van der Waals surface area (Å²) in [7, 11) is 0. The fourth-order valence-corrected chi connectivity index (χ4v) is 3.35. The molecule has 2 aromatic heterocycles. The third kappa shape index (κ3) is 2.80. The molecule has 1 atom stereocenters. The number of aromatic nitrogens is 1. The summed E-state index contributed by atoms with van der Waals surface area (Å²) >= 11 is 1.78. The molecule has 1 fully saturated rings. The van der Waals surface area contributed by atoms with Gasteiger partial charge in [0.15, 0.2) is 0 Å². The zero-order valence-electron chi connectivity index (χ0n) is 11.2. The summed E-state index contributed by atoms with van der Waals surface area (Å²) in [4.78, 5) is 9.36. The fraction of sp³-hybridized carbons (Fsp3) is 0.400. The number of hydrogen-bond donors (Lipinski definition) is 0. The van der Waals surface area contributed by atoms with E-state index in [9.17, 15) is 0 Å². The van der Waals surface area contributed by atoms with Crippen molar-refractivity contribution in [2.24, 2.45) is 0 Å². The van der Waals surface area contributed by atoms with Crippen molar-refractivity contribution >= 4 is 17.2 Å². The Hall–Kier alpha value is -1.39. The van der Waals surface area contributed by atoms with Crippen LogP contribution in [0.25, 0.3) is 0 Å². The molecule has 4 heteroatoms. The summed E-state index contributed by atoms with van der Waals surface area (Å²) in [6, 6.07) is 8.89. The third-order valence-corrected chi connectivity index (χ3v) is 4.56.